The number of phenolic OH excluding ortho intramolecular Hbond substituents is 1. The molecule has 0 atom stereocenters. The van der Waals surface area contributed by atoms with Crippen LogP contribution in [0, 0.1) is 6.92 Å². The summed E-state index contributed by atoms with van der Waals surface area (Å²) in [7, 11) is 0. The molecule has 0 radical (unpaired) electrons. The van der Waals surface area contributed by atoms with Crippen LogP contribution >= 0.6 is 0 Å². The summed E-state index contributed by atoms with van der Waals surface area (Å²) < 4.78 is 0. The number of aromatic nitrogens is 1. The van der Waals surface area contributed by atoms with Crippen molar-refractivity contribution < 1.29 is 9.90 Å². The monoisotopic (exact) mass is 201 g/mol. The molecule has 2 N–H and O–H groups in total. The van der Waals surface area contributed by atoms with Crippen LogP contribution < -0.4 is 0 Å². The van der Waals surface area contributed by atoms with E-state index in [0.717, 1.165) is 17.5 Å². The first-order chi connectivity index (χ1) is 7.22. The zero-order chi connectivity index (χ0) is 10.8. The Morgan fingerprint density at radius 1 is 1.27 bits per heavy atom. The number of phenols is 1. The summed E-state index contributed by atoms with van der Waals surface area (Å²) in [5, 5.41) is 9.66. The lowest BCUT2D eigenvalue weighted by Gasteiger charge is -2.01. The molecule has 0 amide bonds. The first-order valence-corrected chi connectivity index (χ1v) is 4.65. The second-order valence-corrected chi connectivity index (χ2v) is 3.41. The van der Waals surface area contributed by atoms with Crippen molar-refractivity contribution in [3.63, 3.8) is 0 Å². The zero-order valence-electron chi connectivity index (χ0n) is 8.32. The van der Waals surface area contributed by atoms with Crippen molar-refractivity contribution in [2.24, 2.45) is 0 Å². The van der Waals surface area contributed by atoms with E-state index >= 15 is 0 Å². The predicted octanol–water partition coefficient (Wildman–Crippen LogP) is 2.51. The maximum absolute atomic E-state index is 10.8. The Morgan fingerprint density at radius 2 is 2.00 bits per heavy atom. The summed E-state index contributed by atoms with van der Waals surface area (Å²) in [6, 6.07) is 8.81. The number of para-hydroxylation sites is 1. The van der Waals surface area contributed by atoms with E-state index in [1.165, 1.54) is 0 Å². The maximum Gasteiger partial charge on any atom is 0.166 e. The number of hydrogen-bond donors (Lipinski definition) is 2. The number of aromatic amines is 1. The number of hydrogen-bond acceptors (Lipinski definition) is 2. The number of aryl methyl sites for hydroxylation is 1. The van der Waals surface area contributed by atoms with Gasteiger partial charge >= 0.3 is 0 Å². The molecule has 0 aliphatic heterocycles. The number of H-pyrrole nitrogens is 1. The fourth-order valence-electron chi connectivity index (χ4n) is 1.63. The summed E-state index contributed by atoms with van der Waals surface area (Å²) >= 11 is 0. The van der Waals surface area contributed by atoms with Gasteiger partial charge in [-0.25, -0.2) is 0 Å². The van der Waals surface area contributed by atoms with Gasteiger partial charge in [0.1, 0.15) is 5.75 Å². The molecule has 3 nitrogen and oxygen atoms in total. The molecule has 1 heterocycles. The molecule has 0 unspecified atom stereocenters. The first kappa shape index (κ1) is 9.52. The number of rotatable bonds is 2. The maximum atomic E-state index is 10.8. The topological polar surface area (TPSA) is 53.1 Å². The van der Waals surface area contributed by atoms with Crippen molar-refractivity contribution in [2.75, 3.05) is 0 Å². The van der Waals surface area contributed by atoms with E-state index in [4.69, 9.17) is 0 Å². The molecule has 15 heavy (non-hydrogen) atoms. The molecule has 76 valence electrons. The highest BCUT2D eigenvalue weighted by Gasteiger charge is 2.10. The van der Waals surface area contributed by atoms with Crippen LogP contribution in [-0.4, -0.2) is 16.4 Å². The Morgan fingerprint density at radius 3 is 2.67 bits per heavy atom. The third-order valence-electron chi connectivity index (χ3n) is 2.29. The number of benzene rings is 1. The average Bonchev–Trinajstić information content (AvgIpc) is 2.60. The van der Waals surface area contributed by atoms with Gasteiger partial charge in [0, 0.05) is 16.8 Å². The fourth-order valence-corrected chi connectivity index (χ4v) is 1.63. The normalized spacial score (nSPS) is 10.2. The van der Waals surface area contributed by atoms with Crippen molar-refractivity contribution in [1.82, 2.24) is 4.98 Å². The highest BCUT2D eigenvalue weighted by molar-refractivity contribution is 5.87. The zero-order valence-corrected chi connectivity index (χ0v) is 8.32. The van der Waals surface area contributed by atoms with Gasteiger partial charge < -0.3 is 10.1 Å². The number of aromatic hydroxyl groups is 1. The van der Waals surface area contributed by atoms with Gasteiger partial charge in [0.05, 0.1) is 5.69 Å². The van der Waals surface area contributed by atoms with E-state index in [2.05, 4.69) is 4.98 Å². The number of aldehydes is 1. The van der Waals surface area contributed by atoms with Crippen LogP contribution in [0.4, 0.5) is 0 Å². The van der Waals surface area contributed by atoms with Crippen molar-refractivity contribution in [2.45, 2.75) is 6.92 Å². The Labute approximate surface area is 87.4 Å². The molecule has 1 aromatic carbocycles. The Kier molecular flexibility index (Phi) is 2.29. The molecule has 0 spiro atoms. The van der Waals surface area contributed by atoms with E-state index in [1.54, 1.807) is 18.2 Å². The highest BCUT2D eigenvalue weighted by atomic mass is 16.3. The van der Waals surface area contributed by atoms with Gasteiger partial charge in [-0.1, -0.05) is 18.2 Å². The quantitative estimate of drug-likeness (QED) is 0.733. The summed E-state index contributed by atoms with van der Waals surface area (Å²) in [5.74, 6) is 0.180. The molecule has 0 aliphatic rings. The molecule has 1 aromatic heterocycles. The van der Waals surface area contributed by atoms with Gasteiger partial charge in [-0.2, -0.15) is 0 Å². The van der Waals surface area contributed by atoms with E-state index in [-0.39, 0.29) is 5.75 Å². The van der Waals surface area contributed by atoms with Crippen molar-refractivity contribution >= 4 is 6.29 Å². The molecule has 0 bridgehead atoms. The molecule has 0 fully saturated rings. The van der Waals surface area contributed by atoms with E-state index in [9.17, 15) is 9.90 Å². The van der Waals surface area contributed by atoms with Crippen LogP contribution in [0.1, 0.15) is 16.2 Å². The van der Waals surface area contributed by atoms with Crippen LogP contribution in [0.25, 0.3) is 11.1 Å². The fraction of sp³-hybridized carbons (Fsp3) is 0.0833. The Balaban J connectivity index is 2.63. The summed E-state index contributed by atoms with van der Waals surface area (Å²) in [6.07, 6.45) is 0.759. The van der Waals surface area contributed by atoms with Crippen LogP contribution in [0.5, 0.6) is 5.75 Å². The molecular weight excluding hydrogens is 190 g/mol. The largest absolute Gasteiger partial charge is 0.507 e. The minimum Gasteiger partial charge on any atom is -0.507 e. The van der Waals surface area contributed by atoms with Gasteiger partial charge in [0.2, 0.25) is 0 Å². The predicted molar refractivity (Wildman–Crippen MR) is 58.0 cm³/mol. The van der Waals surface area contributed by atoms with Gasteiger partial charge in [0.15, 0.2) is 6.29 Å². The SMILES string of the molecule is Cc1cc(-c2ccccc2O)c(C=O)[nH]1. The van der Waals surface area contributed by atoms with E-state index < -0.39 is 0 Å². The van der Waals surface area contributed by atoms with Gasteiger partial charge in [-0.05, 0) is 19.1 Å². The molecule has 2 rings (SSSR count). The highest BCUT2D eigenvalue weighted by Crippen LogP contribution is 2.31. The Hall–Kier alpha value is -2.03. The second-order valence-electron chi connectivity index (χ2n) is 3.41. The minimum atomic E-state index is 0.180. The molecule has 3 heteroatoms. The smallest absolute Gasteiger partial charge is 0.166 e. The molecule has 0 saturated carbocycles. The summed E-state index contributed by atoms with van der Waals surface area (Å²) in [4.78, 5) is 13.8. The second kappa shape index (κ2) is 3.61. The first-order valence-electron chi connectivity index (χ1n) is 4.65. The van der Waals surface area contributed by atoms with Gasteiger partial charge in [0.25, 0.3) is 0 Å². The Bertz CT molecular complexity index is 500. The van der Waals surface area contributed by atoms with Gasteiger partial charge in [-0.3, -0.25) is 4.79 Å². The molecule has 0 aliphatic carbocycles. The molecule has 0 saturated heterocycles. The third kappa shape index (κ3) is 1.64. The standard InChI is InChI=1S/C12H11NO2/c1-8-6-10(11(7-14)13-8)9-4-2-3-5-12(9)15/h2-7,13,15H,1H3. The average molecular weight is 201 g/mol. The number of nitrogens with one attached hydrogen (secondary N) is 1. The van der Waals surface area contributed by atoms with E-state index in [1.807, 2.05) is 19.1 Å². The number of carbonyl (C=O) groups is 1. The lowest BCUT2D eigenvalue weighted by Crippen LogP contribution is -1.84. The summed E-state index contributed by atoms with van der Waals surface area (Å²) in [6.45, 7) is 1.87. The molecular formula is C12H11NO2. The lowest BCUT2D eigenvalue weighted by atomic mass is 10.1. The van der Waals surface area contributed by atoms with Crippen LogP contribution in [-0.2, 0) is 0 Å². The number of carbonyl (C=O) groups excluding carboxylic acids is 1. The van der Waals surface area contributed by atoms with Crippen LogP contribution in [0.15, 0.2) is 30.3 Å². The summed E-state index contributed by atoms with van der Waals surface area (Å²) in [5.41, 5.74) is 2.80. The van der Waals surface area contributed by atoms with Crippen molar-refractivity contribution in [3.8, 4) is 16.9 Å². The van der Waals surface area contributed by atoms with Crippen LogP contribution in [0.2, 0.25) is 0 Å². The van der Waals surface area contributed by atoms with Gasteiger partial charge in [-0.15, -0.1) is 0 Å². The third-order valence-corrected chi connectivity index (χ3v) is 2.29. The molecule has 2 aromatic rings. The van der Waals surface area contributed by atoms with Crippen molar-refractivity contribution in [1.29, 1.82) is 0 Å². The van der Waals surface area contributed by atoms with E-state index in [0.29, 0.717) is 11.3 Å². The lowest BCUT2D eigenvalue weighted by molar-refractivity contribution is 0.112. The van der Waals surface area contributed by atoms with Crippen molar-refractivity contribution in [3.05, 3.63) is 41.7 Å². The minimum absolute atomic E-state index is 0.180. The van der Waals surface area contributed by atoms with Crippen LogP contribution in [0.3, 0.4) is 0 Å².